The molecular weight excluding hydrogens is 446 g/mol. The van der Waals surface area contributed by atoms with Crippen LogP contribution in [-0.4, -0.2) is 24.6 Å². The second-order valence-corrected chi connectivity index (χ2v) is 7.74. The number of hydrogen-bond acceptors (Lipinski definition) is 4. The predicted octanol–water partition coefficient (Wildman–Crippen LogP) is 5.28. The molecule has 0 aliphatic carbocycles. The molecule has 0 unspecified atom stereocenters. The number of hydrazone groups is 1. The third-order valence-electron chi connectivity index (χ3n) is 4.24. The van der Waals surface area contributed by atoms with Crippen LogP contribution in [0, 0.1) is 0 Å². The average Bonchev–Trinajstić information content (AvgIpc) is 2.74. The van der Waals surface area contributed by atoms with Crippen LogP contribution in [0.3, 0.4) is 0 Å². The first-order chi connectivity index (χ1) is 14.6. The Morgan fingerprint density at radius 1 is 0.967 bits per heavy atom. The van der Waals surface area contributed by atoms with Gasteiger partial charge in [0.05, 0.1) is 12.8 Å². The monoisotopic (exact) mass is 473 g/mol. The van der Waals surface area contributed by atoms with Gasteiger partial charge in [-0.1, -0.05) is 35.7 Å². The average molecular weight is 474 g/mol. The maximum absolute atomic E-state index is 11.9. The zero-order chi connectivity index (χ0) is 21.6. The maximum Gasteiger partial charge on any atom is 0.240 e. The zero-order valence-electron chi connectivity index (χ0n) is 17.2. The van der Waals surface area contributed by atoms with E-state index in [-0.39, 0.29) is 24.7 Å². The molecule has 6 nitrogen and oxygen atoms in total. The van der Waals surface area contributed by atoms with Gasteiger partial charge in [-0.25, -0.2) is 5.43 Å². The Morgan fingerprint density at radius 3 is 2.37 bits per heavy atom. The van der Waals surface area contributed by atoms with Crippen molar-refractivity contribution < 1.29 is 14.3 Å². The maximum atomic E-state index is 11.9. The Morgan fingerprint density at radius 2 is 1.67 bits per heavy atom. The van der Waals surface area contributed by atoms with Gasteiger partial charge < -0.3 is 10.1 Å². The summed E-state index contributed by atoms with van der Waals surface area (Å²) < 4.78 is 6.61. The van der Waals surface area contributed by atoms with Crippen molar-refractivity contribution in [2.45, 2.75) is 45.4 Å². The molecule has 7 heteroatoms. The van der Waals surface area contributed by atoms with Crippen molar-refractivity contribution in [3.05, 3.63) is 58.6 Å². The third-order valence-corrected chi connectivity index (χ3v) is 4.76. The number of rotatable bonds is 12. The molecule has 0 saturated heterocycles. The first-order valence-corrected chi connectivity index (χ1v) is 11.0. The van der Waals surface area contributed by atoms with Gasteiger partial charge in [-0.3, -0.25) is 9.59 Å². The number of carbonyl (C=O) groups is 2. The van der Waals surface area contributed by atoms with Gasteiger partial charge in [0.15, 0.2) is 0 Å². The van der Waals surface area contributed by atoms with E-state index in [9.17, 15) is 9.59 Å². The van der Waals surface area contributed by atoms with Crippen LogP contribution in [0.5, 0.6) is 5.75 Å². The second-order valence-electron chi connectivity index (χ2n) is 6.83. The van der Waals surface area contributed by atoms with Crippen molar-refractivity contribution in [1.29, 1.82) is 0 Å². The van der Waals surface area contributed by atoms with Gasteiger partial charge in [-0.05, 0) is 66.9 Å². The summed E-state index contributed by atoms with van der Waals surface area (Å²) >= 11 is 3.35. The minimum Gasteiger partial charge on any atom is -0.494 e. The van der Waals surface area contributed by atoms with E-state index in [1.165, 1.54) is 12.8 Å². The summed E-state index contributed by atoms with van der Waals surface area (Å²) in [5.41, 5.74) is 4.08. The summed E-state index contributed by atoms with van der Waals surface area (Å²) in [6.07, 6.45) is 5.93. The number of nitrogens with zero attached hydrogens (tertiary/aromatic N) is 1. The predicted molar refractivity (Wildman–Crippen MR) is 124 cm³/mol. The molecule has 2 rings (SSSR count). The van der Waals surface area contributed by atoms with Gasteiger partial charge >= 0.3 is 0 Å². The largest absolute Gasteiger partial charge is 0.494 e. The Hall–Kier alpha value is -2.67. The van der Waals surface area contributed by atoms with Crippen molar-refractivity contribution >= 4 is 39.6 Å². The summed E-state index contributed by atoms with van der Waals surface area (Å²) in [7, 11) is 0. The SMILES string of the molecule is CCCCCOc1ccc(/C=N/NC(=O)CCCC(=O)Nc2ccc(Br)cc2)cc1. The van der Waals surface area contributed by atoms with Crippen LogP contribution >= 0.6 is 15.9 Å². The standard InChI is InChI=1S/C23H28BrN3O3/c1-2-3-4-16-30-21-14-8-18(9-15-21)17-25-27-23(29)7-5-6-22(28)26-20-12-10-19(24)11-13-20/h8-15,17H,2-7,16H2,1H3,(H,26,28)(H,27,29)/b25-17+. The first kappa shape index (κ1) is 23.6. The molecule has 0 fully saturated rings. The van der Waals surface area contributed by atoms with Crippen molar-refractivity contribution in [3.8, 4) is 5.75 Å². The van der Waals surface area contributed by atoms with E-state index in [4.69, 9.17) is 4.74 Å². The summed E-state index contributed by atoms with van der Waals surface area (Å²) in [5.74, 6) is 0.484. The van der Waals surface area contributed by atoms with Gasteiger partial charge in [0, 0.05) is 23.0 Å². The normalized spacial score (nSPS) is 10.7. The number of unbranched alkanes of at least 4 members (excludes halogenated alkanes) is 2. The van der Waals surface area contributed by atoms with E-state index >= 15 is 0 Å². The molecular formula is C23H28BrN3O3. The lowest BCUT2D eigenvalue weighted by Crippen LogP contribution is -2.18. The van der Waals surface area contributed by atoms with Crippen LogP contribution in [0.15, 0.2) is 58.1 Å². The number of halogens is 1. The van der Waals surface area contributed by atoms with Crippen LogP contribution in [0.2, 0.25) is 0 Å². The van der Waals surface area contributed by atoms with Crippen LogP contribution in [0.25, 0.3) is 0 Å². The lowest BCUT2D eigenvalue weighted by molar-refractivity contribution is -0.121. The molecule has 2 aromatic rings. The molecule has 30 heavy (non-hydrogen) atoms. The molecule has 0 atom stereocenters. The molecule has 0 radical (unpaired) electrons. The van der Waals surface area contributed by atoms with Crippen LogP contribution in [-0.2, 0) is 9.59 Å². The summed E-state index contributed by atoms with van der Waals surface area (Å²) in [6, 6.07) is 14.9. The van der Waals surface area contributed by atoms with E-state index in [1.54, 1.807) is 6.21 Å². The fourth-order valence-corrected chi connectivity index (χ4v) is 2.86. The number of amides is 2. The quantitative estimate of drug-likeness (QED) is 0.250. The lowest BCUT2D eigenvalue weighted by Gasteiger charge is -2.05. The fraction of sp³-hybridized carbons (Fsp3) is 0.348. The smallest absolute Gasteiger partial charge is 0.240 e. The van der Waals surface area contributed by atoms with Crippen molar-refractivity contribution in [2.75, 3.05) is 11.9 Å². The van der Waals surface area contributed by atoms with E-state index in [2.05, 4.69) is 38.7 Å². The second kappa shape index (κ2) is 13.5. The van der Waals surface area contributed by atoms with Gasteiger partial charge in [0.1, 0.15) is 5.75 Å². The number of benzene rings is 2. The Kier molecular flexibility index (Phi) is 10.7. The van der Waals surface area contributed by atoms with Crippen molar-refractivity contribution in [3.63, 3.8) is 0 Å². The Labute approximate surface area is 186 Å². The number of carbonyl (C=O) groups excluding carboxylic acids is 2. The summed E-state index contributed by atoms with van der Waals surface area (Å²) in [6.45, 7) is 2.88. The number of nitrogens with one attached hydrogen (secondary N) is 2. The van der Waals surface area contributed by atoms with Gasteiger partial charge in [-0.15, -0.1) is 0 Å². The Bertz CT molecular complexity index is 821. The van der Waals surface area contributed by atoms with Crippen molar-refractivity contribution in [2.24, 2.45) is 5.10 Å². The molecule has 2 aromatic carbocycles. The van der Waals surface area contributed by atoms with Crippen LogP contribution < -0.4 is 15.5 Å². The first-order valence-electron chi connectivity index (χ1n) is 10.2. The molecule has 160 valence electrons. The highest BCUT2D eigenvalue weighted by Crippen LogP contribution is 2.14. The van der Waals surface area contributed by atoms with E-state index in [0.29, 0.717) is 6.42 Å². The van der Waals surface area contributed by atoms with Gasteiger partial charge in [-0.2, -0.15) is 5.10 Å². The van der Waals surface area contributed by atoms with Gasteiger partial charge in [0.25, 0.3) is 0 Å². The molecule has 0 spiro atoms. The van der Waals surface area contributed by atoms with Crippen LogP contribution in [0.4, 0.5) is 5.69 Å². The summed E-state index contributed by atoms with van der Waals surface area (Å²) in [4.78, 5) is 23.8. The van der Waals surface area contributed by atoms with Crippen molar-refractivity contribution in [1.82, 2.24) is 5.43 Å². The molecule has 0 heterocycles. The highest BCUT2D eigenvalue weighted by molar-refractivity contribution is 9.10. The van der Waals surface area contributed by atoms with Gasteiger partial charge in [0.2, 0.25) is 11.8 Å². The zero-order valence-corrected chi connectivity index (χ0v) is 18.8. The fourth-order valence-electron chi connectivity index (χ4n) is 2.59. The lowest BCUT2D eigenvalue weighted by atomic mass is 10.2. The molecule has 0 aliphatic heterocycles. The highest BCUT2D eigenvalue weighted by atomic mass is 79.9. The number of anilines is 1. The Balaban J connectivity index is 1.62. The highest BCUT2D eigenvalue weighted by Gasteiger charge is 2.05. The minimum absolute atomic E-state index is 0.120. The molecule has 0 aromatic heterocycles. The molecule has 2 amide bonds. The minimum atomic E-state index is -0.224. The molecule has 0 aliphatic rings. The van der Waals surface area contributed by atoms with E-state index in [1.807, 2.05) is 48.5 Å². The topological polar surface area (TPSA) is 79.8 Å². The molecule has 2 N–H and O–H groups in total. The molecule has 0 saturated carbocycles. The van der Waals surface area contributed by atoms with E-state index in [0.717, 1.165) is 34.5 Å². The molecule has 0 bridgehead atoms. The summed E-state index contributed by atoms with van der Waals surface area (Å²) in [5, 5.41) is 6.76. The number of hydrogen-bond donors (Lipinski definition) is 2. The number of ether oxygens (including phenoxy) is 1. The van der Waals surface area contributed by atoms with E-state index < -0.39 is 0 Å². The van der Waals surface area contributed by atoms with Crippen LogP contribution in [0.1, 0.15) is 51.0 Å². The third kappa shape index (κ3) is 9.69.